The second-order valence-corrected chi connectivity index (χ2v) is 5.77. The predicted molar refractivity (Wildman–Crippen MR) is 83.1 cm³/mol. The van der Waals surface area contributed by atoms with Gasteiger partial charge in [0, 0.05) is 16.3 Å². The summed E-state index contributed by atoms with van der Waals surface area (Å²) in [7, 11) is 0. The van der Waals surface area contributed by atoms with Crippen molar-refractivity contribution in [2.75, 3.05) is 5.32 Å². The number of hydrogen-bond donors (Lipinski definition) is 2. The fourth-order valence-electron chi connectivity index (χ4n) is 3.26. The summed E-state index contributed by atoms with van der Waals surface area (Å²) >= 11 is 6.06. The molecule has 2 aliphatic heterocycles. The summed E-state index contributed by atoms with van der Waals surface area (Å²) in [6.07, 6.45) is 0. The lowest BCUT2D eigenvalue weighted by atomic mass is 9.67. The molecule has 0 bridgehead atoms. The SMILES string of the molecule is CC(=O)C1=C(C)OC(N)=C(C#N)[C@@]12C(=O)Nc1ccc(Cl)cc12. The molecule has 0 unspecified atom stereocenters. The van der Waals surface area contributed by atoms with Gasteiger partial charge < -0.3 is 15.8 Å². The van der Waals surface area contributed by atoms with Crippen LogP contribution in [0.1, 0.15) is 19.4 Å². The van der Waals surface area contributed by atoms with E-state index in [-0.39, 0.29) is 28.6 Å². The average molecular weight is 330 g/mol. The van der Waals surface area contributed by atoms with Gasteiger partial charge in [-0.15, -0.1) is 0 Å². The number of Topliss-reactive ketones (excluding diaryl/α,β-unsaturated/α-hetero) is 1. The van der Waals surface area contributed by atoms with Gasteiger partial charge in [-0.3, -0.25) is 9.59 Å². The van der Waals surface area contributed by atoms with E-state index in [0.29, 0.717) is 16.3 Å². The lowest BCUT2D eigenvalue weighted by molar-refractivity contribution is -0.122. The number of carbonyl (C=O) groups excluding carboxylic acids is 2. The van der Waals surface area contributed by atoms with E-state index in [1.807, 2.05) is 6.07 Å². The van der Waals surface area contributed by atoms with Crippen molar-refractivity contribution in [1.82, 2.24) is 0 Å². The molecule has 1 atom stereocenters. The van der Waals surface area contributed by atoms with Crippen LogP contribution < -0.4 is 11.1 Å². The van der Waals surface area contributed by atoms with E-state index >= 15 is 0 Å². The number of rotatable bonds is 1. The molecule has 0 saturated carbocycles. The Morgan fingerprint density at radius 3 is 2.78 bits per heavy atom. The van der Waals surface area contributed by atoms with Gasteiger partial charge in [-0.25, -0.2) is 0 Å². The molecule has 1 aromatic carbocycles. The molecule has 1 amide bonds. The molecule has 0 radical (unpaired) electrons. The fraction of sp³-hybridized carbons (Fsp3) is 0.188. The van der Waals surface area contributed by atoms with E-state index in [1.165, 1.54) is 13.8 Å². The minimum absolute atomic E-state index is 0.0850. The van der Waals surface area contributed by atoms with Crippen LogP contribution in [0.5, 0.6) is 0 Å². The molecular weight excluding hydrogens is 318 g/mol. The van der Waals surface area contributed by atoms with Crippen LogP contribution in [0, 0.1) is 11.3 Å². The predicted octanol–water partition coefficient (Wildman–Crippen LogP) is 2.12. The Kier molecular flexibility index (Phi) is 3.20. The third kappa shape index (κ3) is 1.80. The summed E-state index contributed by atoms with van der Waals surface area (Å²) < 4.78 is 5.32. The lowest BCUT2D eigenvalue weighted by Gasteiger charge is -2.34. The number of ketones is 1. The van der Waals surface area contributed by atoms with E-state index in [2.05, 4.69) is 5.32 Å². The Bertz CT molecular complexity index is 879. The zero-order chi connectivity index (χ0) is 16.9. The van der Waals surface area contributed by atoms with Gasteiger partial charge in [-0.05, 0) is 32.0 Å². The summed E-state index contributed by atoms with van der Waals surface area (Å²) in [5, 5.41) is 12.6. The Morgan fingerprint density at radius 2 is 2.17 bits per heavy atom. The van der Waals surface area contributed by atoms with Gasteiger partial charge >= 0.3 is 0 Å². The van der Waals surface area contributed by atoms with Crippen molar-refractivity contribution in [1.29, 1.82) is 5.26 Å². The number of nitriles is 1. The minimum Gasteiger partial charge on any atom is -0.445 e. The van der Waals surface area contributed by atoms with Gasteiger partial charge in [0.15, 0.2) is 5.78 Å². The molecular formula is C16H12ClN3O3. The van der Waals surface area contributed by atoms with Gasteiger partial charge in [0.2, 0.25) is 11.8 Å². The van der Waals surface area contributed by atoms with Crippen LogP contribution in [0.15, 0.2) is 41.0 Å². The average Bonchev–Trinajstić information content (AvgIpc) is 2.72. The molecule has 23 heavy (non-hydrogen) atoms. The van der Waals surface area contributed by atoms with Crippen molar-refractivity contribution in [3.05, 3.63) is 51.6 Å². The maximum atomic E-state index is 12.9. The third-order valence-corrected chi connectivity index (χ3v) is 4.28. The molecule has 0 fully saturated rings. The highest BCUT2D eigenvalue weighted by Crippen LogP contribution is 2.52. The number of benzene rings is 1. The van der Waals surface area contributed by atoms with Gasteiger partial charge in [-0.1, -0.05) is 11.6 Å². The zero-order valence-corrected chi connectivity index (χ0v) is 13.1. The van der Waals surface area contributed by atoms with Crippen molar-refractivity contribution in [2.24, 2.45) is 5.73 Å². The molecule has 1 aromatic rings. The van der Waals surface area contributed by atoms with Crippen molar-refractivity contribution < 1.29 is 14.3 Å². The number of fused-ring (bicyclic) bond motifs is 2. The van der Waals surface area contributed by atoms with E-state index in [9.17, 15) is 14.9 Å². The summed E-state index contributed by atoms with van der Waals surface area (Å²) in [5.41, 5.74) is 5.06. The largest absolute Gasteiger partial charge is 0.445 e. The van der Waals surface area contributed by atoms with Crippen LogP contribution in [0.3, 0.4) is 0 Å². The Labute approximate surface area is 137 Å². The molecule has 0 saturated heterocycles. The number of carbonyl (C=O) groups is 2. The summed E-state index contributed by atoms with van der Waals surface area (Å²) in [5.74, 6) is -0.914. The monoisotopic (exact) mass is 329 g/mol. The van der Waals surface area contributed by atoms with Crippen LogP contribution in [0.2, 0.25) is 5.02 Å². The first kappa shape index (κ1) is 15.1. The van der Waals surface area contributed by atoms with Gasteiger partial charge in [0.25, 0.3) is 0 Å². The number of nitrogens with one attached hydrogen (secondary N) is 1. The van der Waals surface area contributed by atoms with Crippen LogP contribution >= 0.6 is 11.6 Å². The summed E-state index contributed by atoms with van der Waals surface area (Å²) in [6.45, 7) is 2.85. The highest BCUT2D eigenvalue weighted by molar-refractivity contribution is 6.31. The maximum Gasteiger partial charge on any atom is 0.245 e. The van der Waals surface area contributed by atoms with E-state index in [4.69, 9.17) is 22.1 Å². The molecule has 0 aliphatic carbocycles. The topological polar surface area (TPSA) is 105 Å². The number of amides is 1. The fourth-order valence-corrected chi connectivity index (χ4v) is 3.43. The quantitative estimate of drug-likeness (QED) is 0.821. The molecule has 116 valence electrons. The third-order valence-electron chi connectivity index (χ3n) is 4.05. The van der Waals surface area contributed by atoms with E-state index in [0.717, 1.165) is 0 Å². The zero-order valence-electron chi connectivity index (χ0n) is 12.4. The molecule has 2 heterocycles. The Balaban J connectivity index is 2.48. The van der Waals surface area contributed by atoms with Crippen molar-refractivity contribution in [3.63, 3.8) is 0 Å². The van der Waals surface area contributed by atoms with Crippen LogP contribution in [-0.4, -0.2) is 11.7 Å². The second-order valence-electron chi connectivity index (χ2n) is 5.33. The highest BCUT2D eigenvalue weighted by Gasteiger charge is 2.58. The minimum atomic E-state index is -1.63. The van der Waals surface area contributed by atoms with Gasteiger partial charge in [0.05, 0.1) is 5.57 Å². The lowest BCUT2D eigenvalue weighted by Crippen LogP contribution is -2.44. The number of allylic oxidation sites excluding steroid dienone is 1. The molecule has 2 aliphatic rings. The number of nitrogens with zero attached hydrogens (tertiary/aromatic N) is 1. The molecule has 6 nitrogen and oxygen atoms in total. The Morgan fingerprint density at radius 1 is 1.48 bits per heavy atom. The first-order chi connectivity index (χ1) is 10.8. The second kappa shape index (κ2) is 4.86. The smallest absolute Gasteiger partial charge is 0.245 e. The maximum absolute atomic E-state index is 12.9. The molecule has 7 heteroatoms. The van der Waals surface area contributed by atoms with Crippen molar-refractivity contribution >= 4 is 29.0 Å². The number of halogens is 1. The van der Waals surface area contributed by atoms with Crippen LogP contribution in [0.25, 0.3) is 0 Å². The van der Waals surface area contributed by atoms with E-state index < -0.39 is 11.3 Å². The van der Waals surface area contributed by atoms with Gasteiger partial charge in [0.1, 0.15) is 22.8 Å². The van der Waals surface area contributed by atoms with Crippen molar-refractivity contribution in [3.8, 4) is 6.07 Å². The van der Waals surface area contributed by atoms with Crippen molar-refractivity contribution in [2.45, 2.75) is 19.3 Å². The van der Waals surface area contributed by atoms with Crippen LogP contribution in [-0.2, 0) is 19.7 Å². The summed E-state index contributed by atoms with van der Waals surface area (Å²) in [4.78, 5) is 25.1. The molecule has 3 rings (SSSR count). The highest BCUT2D eigenvalue weighted by atomic mass is 35.5. The number of hydrogen-bond acceptors (Lipinski definition) is 5. The van der Waals surface area contributed by atoms with E-state index in [1.54, 1.807) is 18.2 Å². The Hall–Kier alpha value is -2.78. The molecule has 3 N–H and O–H groups in total. The summed E-state index contributed by atoms with van der Waals surface area (Å²) in [6, 6.07) is 6.71. The standard InChI is InChI=1S/C16H12ClN3O3/c1-7(21)13-8(2)23-14(19)11(6-18)16(13)10-5-9(17)3-4-12(10)20-15(16)22/h3-5H,19H2,1-2H3,(H,20,22)/t16-/m1/s1. The molecule has 0 aromatic heterocycles. The number of ether oxygens (including phenoxy) is 1. The first-order valence-electron chi connectivity index (χ1n) is 6.76. The molecule has 1 spiro atoms. The van der Waals surface area contributed by atoms with Gasteiger partial charge in [-0.2, -0.15) is 5.26 Å². The normalized spacial score (nSPS) is 22.6. The first-order valence-corrected chi connectivity index (χ1v) is 7.13. The number of anilines is 1. The number of nitrogens with two attached hydrogens (primary N) is 1. The van der Waals surface area contributed by atoms with Crippen LogP contribution in [0.4, 0.5) is 5.69 Å².